The summed E-state index contributed by atoms with van der Waals surface area (Å²) in [5, 5.41) is 0. The van der Waals surface area contributed by atoms with Crippen molar-refractivity contribution in [3.63, 3.8) is 0 Å². The molecule has 0 radical (unpaired) electrons. The van der Waals surface area contributed by atoms with Crippen LogP contribution >= 0.6 is 38.5 Å². The van der Waals surface area contributed by atoms with Gasteiger partial charge in [-0.25, -0.2) is 0 Å². The summed E-state index contributed by atoms with van der Waals surface area (Å²) in [5.41, 5.74) is 1.74. The van der Waals surface area contributed by atoms with Crippen LogP contribution in [0.2, 0.25) is 0 Å². The molecule has 0 fully saturated rings. The summed E-state index contributed by atoms with van der Waals surface area (Å²) >= 11 is 5.68. The molecule has 0 heterocycles. The number of rotatable bonds is 3. The fourth-order valence-corrected chi connectivity index (χ4v) is 2.40. The van der Waals surface area contributed by atoms with Crippen LogP contribution in [0.1, 0.15) is 15.9 Å². The monoisotopic (exact) mass is 412 g/mol. The van der Waals surface area contributed by atoms with E-state index < -0.39 is 0 Å². The summed E-state index contributed by atoms with van der Waals surface area (Å²) in [4.78, 5) is 11.9. The van der Waals surface area contributed by atoms with E-state index in [0.717, 1.165) is 13.6 Å². The lowest BCUT2D eigenvalue weighted by Crippen LogP contribution is -1.93. The molecule has 90 valence electrons. The molecular formula is C15H10BrIO. The summed E-state index contributed by atoms with van der Waals surface area (Å²) in [5.74, 6) is 0.0198. The van der Waals surface area contributed by atoms with Gasteiger partial charge in [0, 0.05) is 13.6 Å². The van der Waals surface area contributed by atoms with Gasteiger partial charge < -0.3 is 0 Å². The average molecular weight is 413 g/mol. The Balaban J connectivity index is 2.21. The fraction of sp³-hybridized carbons (Fsp3) is 0. The van der Waals surface area contributed by atoms with Crippen molar-refractivity contribution in [2.24, 2.45) is 0 Å². The molecule has 0 amide bonds. The minimum atomic E-state index is 0.0198. The molecule has 0 bridgehead atoms. The number of carbonyl (C=O) groups is 1. The van der Waals surface area contributed by atoms with Crippen LogP contribution in [-0.2, 0) is 0 Å². The molecule has 0 aromatic heterocycles. The van der Waals surface area contributed by atoms with Gasteiger partial charge in [0.05, 0.1) is 0 Å². The van der Waals surface area contributed by atoms with Crippen LogP contribution in [0.25, 0.3) is 6.08 Å². The second-order valence-corrected chi connectivity index (χ2v) is 5.81. The van der Waals surface area contributed by atoms with Gasteiger partial charge in [0.2, 0.25) is 0 Å². The van der Waals surface area contributed by atoms with E-state index in [9.17, 15) is 4.79 Å². The van der Waals surface area contributed by atoms with Crippen molar-refractivity contribution in [1.82, 2.24) is 0 Å². The molecule has 0 saturated carbocycles. The Kier molecular flexibility index (Phi) is 4.72. The average Bonchev–Trinajstić information content (AvgIpc) is 2.40. The van der Waals surface area contributed by atoms with Gasteiger partial charge in [-0.1, -0.05) is 46.3 Å². The first-order valence-corrected chi connectivity index (χ1v) is 7.26. The number of ketones is 1. The van der Waals surface area contributed by atoms with Crippen LogP contribution in [0.4, 0.5) is 0 Å². The third-order valence-corrected chi connectivity index (χ3v) is 3.91. The minimum absolute atomic E-state index is 0.0198. The number of halogens is 2. The largest absolute Gasteiger partial charge is 0.289 e. The van der Waals surface area contributed by atoms with Gasteiger partial charge in [-0.05, 0) is 58.5 Å². The standard InChI is InChI=1S/C15H10BrIO/c16-13-7-8-14(17)12(10-13)6-9-15(18)11-4-2-1-3-5-11/h1-10H/b9-6+. The maximum absolute atomic E-state index is 11.9. The zero-order valence-electron chi connectivity index (χ0n) is 9.44. The Morgan fingerprint density at radius 1 is 1.11 bits per heavy atom. The Labute approximate surface area is 128 Å². The zero-order valence-corrected chi connectivity index (χ0v) is 13.2. The maximum Gasteiger partial charge on any atom is 0.185 e. The van der Waals surface area contributed by atoms with E-state index in [4.69, 9.17) is 0 Å². The zero-order chi connectivity index (χ0) is 13.0. The molecule has 18 heavy (non-hydrogen) atoms. The van der Waals surface area contributed by atoms with Crippen molar-refractivity contribution in [3.8, 4) is 0 Å². The minimum Gasteiger partial charge on any atom is -0.289 e. The lowest BCUT2D eigenvalue weighted by molar-refractivity contribution is 0.104. The SMILES string of the molecule is O=C(/C=C/c1cc(Br)ccc1I)c1ccccc1. The molecule has 0 aliphatic rings. The first-order chi connectivity index (χ1) is 8.66. The molecule has 0 unspecified atom stereocenters. The predicted molar refractivity (Wildman–Crippen MR) is 86.7 cm³/mol. The van der Waals surface area contributed by atoms with Gasteiger partial charge in [0.15, 0.2) is 5.78 Å². The maximum atomic E-state index is 11.9. The van der Waals surface area contributed by atoms with Gasteiger partial charge >= 0.3 is 0 Å². The summed E-state index contributed by atoms with van der Waals surface area (Å²) in [6, 6.07) is 15.3. The van der Waals surface area contributed by atoms with E-state index in [1.54, 1.807) is 6.08 Å². The topological polar surface area (TPSA) is 17.1 Å². The van der Waals surface area contributed by atoms with Crippen LogP contribution in [0, 0.1) is 3.57 Å². The summed E-state index contributed by atoms with van der Waals surface area (Å²) in [7, 11) is 0. The van der Waals surface area contributed by atoms with E-state index >= 15 is 0 Å². The summed E-state index contributed by atoms with van der Waals surface area (Å²) < 4.78 is 2.13. The summed E-state index contributed by atoms with van der Waals surface area (Å²) in [6.07, 6.45) is 3.46. The fourth-order valence-electron chi connectivity index (χ4n) is 1.51. The van der Waals surface area contributed by atoms with Crippen LogP contribution in [0.5, 0.6) is 0 Å². The van der Waals surface area contributed by atoms with E-state index in [1.807, 2.05) is 54.6 Å². The van der Waals surface area contributed by atoms with Crippen LogP contribution < -0.4 is 0 Å². The first kappa shape index (κ1) is 13.5. The van der Waals surface area contributed by atoms with E-state index in [1.165, 1.54) is 0 Å². The van der Waals surface area contributed by atoms with E-state index in [-0.39, 0.29) is 5.78 Å². The number of carbonyl (C=O) groups excluding carboxylic acids is 1. The Morgan fingerprint density at radius 3 is 2.56 bits per heavy atom. The highest BCUT2D eigenvalue weighted by Gasteiger charge is 2.01. The van der Waals surface area contributed by atoms with Crippen LogP contribution in [0.3, 0.4) is 0 Å². The molecule has 0 aliphatic carbocycles. The lowest BCUT2D eigenvalue weighted by atomic mass is 10.1. The molecule has 2 rings (SSSR count). The van der Waals surface area contributed by atoms with Crippen molar-refractivity contribution in [1.29, 1.82) is 0 Å². The van der Waals surface area contributed by atoms with Crippen molar-refractivity contribution in [2.75, 3.05) is 0 Å². The second-order valence-electron chi connectivity index (χ2n) is 3.73. The van der Waals surface area contributed by atoms with Gasteiger partial charge in [-0.15, -0.1) is 0 Å². The number of benzene rings is 2. The van der Waals surface area contributed by atoms with Gasteiger partial charge in [0.1, 0.15) is 0 Å². The van der Waals surface area contributed by atoms with Crippen LogP contribution in [-0.4, -0.2) is 5.78 Å². The Morgan fingerprint density at radius 2 is 1.83 bits per heavy atom. The third kappa shape index (κ3) is 3.53. The summed E-state index contributed by atoms with van der Waals surface area (Å²) in [6.45, 7) is 0. The number of hydrogen-bond acceptors (Lipinski definition) is 1. The predicted octanol–water partition coefficient (Wildman–Crippen LogP) is 4.95. The highest BCUT2D eigenvalue weighted by molar-refractivity contribution is 14.1. The molecule has 2 aromatic rings. The number of allylic oxidation sites excluding steroid dienone is 1. The first-order valence-electron chi connectivity index (χ1n) is 5.39. The highest BCUT2D eigenvalue weighted by atomic mass is 127. The van der Waals surface area contributed by atoms with Crippen molar-refractivity contribution in [2.45, 2.75) is 0 Å². The second kappa shape index (κ2) is 6.29. The molecule has 3 heteroatoms. The van der Waals surface area contributed by atoms with E-state index in [0.29, 0.717) is 5.56 Å². The molecule has 1 nitrogen and oxygen atoms in total. The van der Waals surface area contributed by atoms with Gasteiger partial charge in [-0.3, -0.25) is 4.79 Å². The van der Waals surface area contributed by atoms with E-state index in [2.05, 4.69) is 38.5 Å². The smallest absolute Gasteiger partial charge is 0.185 e. The normalized spacial score (nSPS) is 10.8. The highest BCUT2D eigenvalue weighted by Crippen LogP contribution is 2.19. The molecule has 2 aromatic carbocycles. The quantitative estimate of drug-likeness (QED) is 0.396. The van der Waals surface area contributed by atoms with Gasteiger partial charge in [0.25, 0.3) is 0 Å². The molecule has 0 aliphatic heterocycles. The van der Waals surface area contributed by atoms with Crippen LogP contribution in [0.15, 0.2) is 59.1 Å². The van der Waals surface area contributed by atoms with Crippen molar-refractivity contribution < 1.29 is 4.79 Å². The number of hydrogen-bond donors (Lipinski definition) is 0. The molecule has 0 atom stereocenters. The third-order valence-electron chi connectivity index (χ3n) is 2.43. The Hall–Kier alpha value is -0.940. The Bertz CT molecular complexity index is 591. The lowest BCUT2D eigenvalue weighted by Gasteiger charge is -1.99. The van der Waals surface area contributed by atoms with Crippen molar-refractivity contribution >= 4 is 50.4 Å². The van der Waals surface area contributed by atoms with Crippen molar-refractivity contribution in [3.05, 3.63) is 73.8 Å². The molecule has 0 N–H and O–H groups in total. The molecular weight excluding hydrogens is 403 g/mol. The molecule has 0 spiro atoms. The van der Waals surface area contributed by atoms with Gasteiger partial charge in [-0.2, -0.15) is 0 Å². The molecule has 0 saturated heterocycles.